The Balaban J connectivity index is 1.74. The van der Waals surface area contributed by atoms with E-state index < -0.39 is 48.5 Å². The molecular weight excluding hydrogens is 436 g/mol. The minimum Gasteiger partial charge on any atom is -0.394 e. The van der Waals surface area contributed by atoms with Crippen LogP contribution < -0.4 is 10.6 Å². The SMILES string of the molecule is Cc1ccc(-c2ccccc2)cc1C(=O)N[C@@H](CO)C(=O)N[C@@H](CC(C)C)C(=O)[C@]1(CO)CO1. The number of hydrogen-bond donors (Lipinski definition) is 4. The van der Waals surface area contributed by atoms with Crippen LogP contribution in [-0.4, -0.2) is 65.3 Å². The van der Waals surface area contributed by atoms with Gasteiger partial charge in [0.05, 0.1) is 25.9 Å². The van der Waals surface area contributed by atoms with Crippen LogP contribution in [0, 0.1) is 12.8 Å². The van der Waals surface area contributed by atoms with Gasteiger partial charge < -0.3 is 25.6 Å². The van der Waals surface area contributed by atoms with Gasteiger partial charge in [0, 0.05) is 5.56 Å². The van der Waals surface area contributed by atoms with E-state index in [9.17, 15) is 24.6 Å². The lowest BCUT2D eigenvalue weighted by molar-refractivity contribution is -0.133. The number of carbonyl (C=O) groups excluding carboxylic acids is 3. The maximum atomic E-state index is 13.0. The molecule has 8 heteroatoms. The molecule has 0 radical (unpaired) electrons. The zero-order valence-corrected chi connectivity index (χ0v) is 19.7. The highest BCUT2D eigenvalue weighted by atomic mass is 16.6. The second-order valence-corrected chi connectivity index (χ2v) is 9.10. The number of aryl methyl sites for hydroxylation is 1. The topological polar surface area (TPSA) is 128 Å². The van der Waals surface area contributed by atoms with E-state index in [1.165, 1.54) is 0 Å². The lowest BCUT2D eigenvalue weighted by Crippen LogP contribution is -2.55. The highest BCUT2D eigenvalue weighted by molar-refractivity contribution is 6.01. The standard InChI is InChI=1S/C26H32N2O6/c1-16(2)11-21(23(31)26(14-30)15-34-26)27-25(33)22(13-29)28-24(32)20-12-19(10-9-17(20)3)18-7-5-4-6-8-18/h4-10,12,16,21-22,29-30H,11,13-15H2,1-3H3,(H,27,33)(H,28,32)/t21-,22-,26-/m0/s1. The van der Waals surface area contributed by atoms with Crippen LogP contribution in [0.2, 0.25) is 0 Å². The molecule has 0 saturated carbocycles. The summed E-state index contributed by atoms with van der Waals surface area (Å²) in [6, 6.07) is 12.9. The van der Waals surface area contributed by atoms with Crippen LogP contribution in [0.1, 0.15) is 36.2 Å². The summed E-state index contributed by atoms with van der Waals surface area (Å²) in [5.74, 6) is -1.52. The van der Waals surface area contributed by atoms with Crippen molar-refractivity contribution in [3.8, 4) is 11.1 Å². The van der Waals surface area contributed by atoms with Crippen LogP contribution >= 0.6 is 0 Å². The lowest BCUT2D eigenvalue weighted by Gasteiger charge is -2.25. The van der Waals surface area contributed by atoms with Crippen molar-refractivity contribution in [1.82, 2.24) is 10.6 Å². The predicted molar refractivity (Wildman–Crippen MR) is 127 cm³/mol. The Morgan fingerprint density at radius 1 is 1.00 bits per heavy atom. The molecule has 0 spiro atoms. The summed E-state index contributed by atoms with van der Waals surface area (Å²) in [4.78, 5) is 38.8. The van der Waals surface area contributed by atoms with E-state index in [1.807, 2.05) is 56.3 Å². The first-order valence-electron chi connectivity index (χ1n) is 11.4. The average Bonchev–Trinajstić information content (AvgIpc) is 3.63. The molecule has 1 aliphatic rings. The van der Waals surface area contributed by atoms with Gasteiger partial charge in [-0.1, -0.05) is 56.3 Å². The Labute approximate surface area is 199 Å². The molecule has 4 N–H and O–H groups in total. The zero-order valence-electron chi connectivity index (χ0n) is 19.7. The molecule has 1 heterocycles. The van der Waals surface area contributed by atoms with Crippen LogP contribution in [0.15, 0.2) is 48.5 Å². The Bertz CT molecular complexity index is 1030. The van der Waals surface area contributed by atoms with E-state index in [2.05, 4.69) is 10.6 Å². The largest absolute Gasteiger partial charge is 0.394 e. The van der Waals surface area contributed by atoms with Crippen molar-refractivity contribution >= 4 is 17.6 Å². The van der Waals surface area contributed by atoms with E-state index >= 15 is 0 Å². The molecule has 0 aliphatic carbocycles. The summed E-state index contributed by atoms with van der Waals surface area (Å²) < 4.78 is 5.15. The number of rotatable bonds is 11. The summed E-state index contributed by atoms with van der Waals surface area (Å²) in [5, 5.41) is 24.5. The number of Topliss-reactive ketones (excluding diaryl/α,β-unsaturated/α-hetero) is 1. The zero-order chi connectivity index (χ0) is 24.9. The molecule has 182 valence electrons. The Morgan fingerprint density at radius 3 is 2.24 bits per heavy atom. The number of nitrogens with one attached hydrogen (secondary N) is 2. The van der Waals surface area contributed by atoms with Gasteiger partial charge >= 0.3 is 0 Å². The Kier molecular flexibility index (Phi) is 8.19. The van der Waals surface area contributed by atoms with E-state index in [0.717, 1.165) is 16.7 Å². The number of ether oxygens (including phenoxy) is 1. The second kappa shape index (κ2) is 10.9. The molecule has 8 nitrogen and oxygen atoms in total. The number of carbonyl (C=O) groups is 3. The minimum absolute atomic E-state index is 0.0780. The van der Waals surface area contributed by atoms with Crippen molar-refractivity contribution in [3.05, 3.63) is 59.7 Å². The van der Waals surface area contributed by atoms with Gasteiger partial charge in [-0.25, -0.2) is 0 Å². The maximum Gasteiger partial charge on any atom is 0.252 e. The lowest BCUT2D eigenvalue weighted by atomic mass is 9.92. The molecule has 0 unspecified atom stereocenters. The fourth-order valence-electron chi connectivity index (χ4n) is 3.80. The Morgan fingerprint density at radius 2 is 1.68 bits per heavy atom. The second-order valence-electron chi connectivity index (χ2n) is 9.10. The number of hydrogen-bond acceptors (Lipinski definition) is 6. The molecule has 2 aromatic carbocycles. The number of amides is 2. The first-order chi connectivity index (χ1) is 16.2. The van der Waals surface area contributed by atoms with Crippen molar-refractivity contribution in [2.24, 2.45) is 5.92 Å². The van der Waals surface area contributed by atoms with Crippen molar-refractivity contribution in [2.75, 3.05) is 19.8 Å². The summed E-state index contributed by atoms with van der Waals surface area (Å²) >= 11 is 0. The number of aliphatic hydroxyl groups is 2. The molecule has 34 heavy (non-hydrogen) atoms. The average molecular weight is 469 g/mol. The molecule has 0 aromatic heterocycles. The third kappa shape index (κ3) is 5.88. The van der Waals surface area contributed by atoms with Gasteiger partial charge in [-0.2, -0.15) is 0 Å². The van der Waals surface area contributed by atoms with E-state index in [1.54, 1.807) is 13.0 Å². The minimum atomic E-state index is -1.28. The van der Waals surface area contributed by atoms with Crippen molar-refractivity contribution < 1.29 is 29.3 Å². The molecule has 1 fully saturated rings. The third-order valence-electron chi connectivity index (χ3n) is 5.93. The van der Waals surface area contributed by atoms with Gasteiger partial charge in [-0.15, -0.1) is 0 Å². The third-order valence-corrected chi connectivity index (χ3v) is 5.93. The van der Waals surface area contributed by atoms with Crippen LogP contribution in [0.25, 0.3) is 11.1 Å². The highest BCUT2D eigenvalue weighted by Crippen LogP contribution is 2.30. The van der Waals surface area contributed by atoms with Crippen molar-refractivity contribution in [3.63, 3.8) is 0 Å². The highest BCUT2D eigenvalue weighted by Gasteiger charge is 2.54. The Hall–Kier alpha value is -3.07. The molecule has 3 rings (SSSR count). The van der Waals surface area contributed by atoms with E-state index in [-0.39, 0.29) is 12.5 Å². The normalized spacial score (nSPS) is 18.8. The predicted octanol–water partition coefficient (Wildman–Crippen LogP) is 1.61. The molecular formula is C26H32N2O6. The van der Waals surface area contributed by atoms with Crippen molar-refractivity contribution in [1.29, 1.82) is 0 Å². The summed E-state index contributed by atoms with van der Waals surface area (Å²) in [6.07, 6.45) is 0.333. The number of benzene rings is 2. The smallest absolute Gasteiger partial charge is 0.252 e. The molecule has 2 aromatic rings. The van der Waals surface area contributed by atoms with Gasteiger partial charge in [0.15, 0.2) is 11.4 Å². The summed E-state index contributed by atoms with van der Waals surface area (Å²) in [7, 11) is 0. The molecule has 1 saturated heterocycles. The van der Waals surface area contributed by atoms with Gasteiger partial charge in [0.1, 0.15) is 6.04 Å². The van der Waals surface area contributed by atoms with Crippen LogP contribution in [0.3, 0.4) is 0 Å². The quantitative estimate of drug-likeness (QED) is 0.371. The van der Waals surface area contributed by atoms with Crippen LogP contribution in [0.4, 0.5) is 0 Å². The maximum absolute atomic E-state index is 13.0. The fourth-order valence-corrected chi connectivity index (χ4v) is 3.80. The van der Waals surface area contributed by atoms with Crippen LogP contribution in [-0.2, 0) is 14.3 Å². The monoisotopic (exact) mass is 468 g/mol. The number of ketones is 1. The van der Waals surface area contributed by atoms with Crippen molar-refractivity contribution in [2.45, 2.75) is 44.9 Å². The number of aliphatic hydroxyl groups excluding tert-OH is 2. The fraction of sp³-hybridized carbons (Fsp3) is 0.423. The van der Waals surface area contributed by atoms with E-state index in [0.29, 0.717) is 12.0 Å². The molecule has 1 aliphatic heterocycles. The molecule has 2 amide bonds. The summed E-state index contributed by atoms with van der Waals surface area (Å²) in [5.41, 5.74) is 1.62. The van der Waals surface area contributed by atoms with Gasteiger partial charge in [-0.3, -0.25) is 14.4 Å². The molecule has 3 atom stereocenters. The summed E-state index contributed by atoms with van der Waals surface area (Å²) in [6.45, 7) is 4.59. The van der Waals surface area contributed by atoms with E-state index in [4.69, 9.17) is 4.74 Å². The first kappa shape index (κ1) is 25.6. The van der Waals surface area contributed by atoms with Gasteiger partial charge in [0.25, 0.3) is 5.91 Å². The van der Waals surface area contributed by atoms with Gasteiger partial charge in [0.2, 0.25) is 5.91 Å². The van der Waals surface area contributed by atoms with Gasteiger partial charge in [-0.05, 0) is 42.0 Å². The number of epoxide rings is 1. The molecule has 0 bridgehead atoms. The first-order valence-corrected chi connectivity index (χ1v) is 11.4. The van der Waals surface area contributed by atoms with Crippen LogP contribution in [0.5, 0.6) is 0 Å².